The maximum atomic E-state index is 2.42. The number of hydrogen-bond acceptors (Lipinski definition) is 2. The Morgan fingerprint density at radius 1 is 0.200 bits per heavy atom. The summed E-state index contributed by atoms with van der Waals surface area (Å²) in [5.41, 5.74) is 11.4. The zero-order chi connectivity index (χ0) is 39.8. The topological polar surface area (TPSA) is 6.48 Å². The minimum Gasteiger partial charge on any atom is -0.310 e. The second kappa shape index (κ2) is 15.1. The largest absolute Gasteiger partial charge is 0.310 e. The molecule has 0 unspecified atom stereocenters. The van der Waals surface area contributed by atoms with Crippen LogP contribution in [0.2, 0.25) is 0 Å². The van der Waals surface area contributed by atoms with Gasteiger partial charge >= 0.3 is 0 Å². The van der Waals surface area contributed by atoms with Crippen LogP contribution >= 0.6 is 0 Å². The van der Waals surface area contributed by atoms with Gasteiger partial charge < -0.3 is 9.80 Å². The summed E-state index contributed by atoms with van der Waals surface area (Å²) in [5, 5.41) is 9.79. The lowest BCUT2D eigenvalue weighted by atomic mass is 9.84. The minimum absolute atomic E-state index is 1.10. The fraction of sp³-hybridized carbons (Fsp3) is 0. The standard InChI is InChI=1S/C58H40N2/c1-6-19-43(20-7-1)57-52-36-34-50(60(47-25-12-4-13-26-47)48-27-14-5-15-28-48)40-56(52)58(44-33-32-42-31-30-41-18-16-17-29-51(41)54(42)38-44)53-37-35-49(39-55(53)57)59(45-21-8-2-9-22-45)46-23-10-3-11-24-46/h1-40H. The zero-order valence-corrected chi connectivity index (χ0v) is 33.0. The van der Waals surface area contributed by atoms with Crippen LogP contribution < -0.4 is 9.80 Å². The van der Waals surface area contributed by atoms with Crippen LogP contribution in [0, 0.1) is 0 Å². The van der Waals surface area contributed by atoms with Gasteiger partial charge in [0, 0.05) is 34.1 Å². The molecule has 0 radical (unpaired) electrons. The van der Waals surface area contributed by atoms with Gasteiger partial charge in [-0.3, -0.25) is 0 Å². The monoisotopic (exact) mass is 764 g/mol. The zero-order valence-electron chi connectivity index (χ0n) is 33.0. The van der Waals surface area contributed by atoms with Crippen LogP contribution in [0.3, 0.4) is 0 Å². The number of benzene rings is 11. The van der Waals surface area contributed by atoms with Gasteiger partial charge in [-0.2, -0.15) is 0 Å². The Balaban J connectivity index is 1.26. The van der Waals surface area contributed by atoms with Crippen molar-refractivity contribution in [1.82, 2.24) is 0 Å². The highest BCUT2D eigenvalue weighted by Crippen LogP contribution is 2.48. The Morgan fingerprint density at radius 2 is 0.583 bits per heavy atom. The molecular formula is C58H40N2. The quantitative estimate of drug-likeness (QED) is 0.112. The predicted octanol–water partition coefficient (Wildman–Crippen LogP) is 16.6. The van der Waals surface area contributed by atoms with Gasteiger partial charge in [0.15, 0.2) is 0 Å². The second-order valence-electron chi connectivity index (χ2n) is 15.3. The van der Waals surface area contributed by atoms with E-state index in [4.69, 9.17) is 0 Å². The SMILES string of the molecule is c1ccc(-c2c3ccc(N(c4ccccc4)c4ccccc4)cc3c(-c3ccc4ccc5ccccc5c4c3)c3ccc(N(c4ccccc4)c4ccccc4)cc23)cc1. The maximum absolute atomic E-state index is 2.42. The van der Waals surface area contributed by atoms with Crippen LogP contribution in [0.25, 0.3) is 65.3 Å². The summed E-state index contributed by atoms with van der Waals surface area (Å²) in [6, 6.07) is 88.0. The van der Waals surface area contributed by atoms with Gasteiger partial charge in [-0.05, 0) is 144 Å². The molecule has 0 saturated heterocycles. The Kier molecular flexibility index (Phi) is 8.87. The highest BCUT2D eigenvalue weighted by Gasteiger charge is 2.22. The first-order valence-electron chi connectivity index (χ1n) is 20.6. The Labute approximate surface area is 350 Å². The first-order valence-corrected chi connectivity index (χ1v) is 20.6. The summed E-state index contributed by atoms with van der Waals surface area (Å²) in [7, 11) is 0. The summed E-state index contributed by atoms with van der Waals surface area (Å²) in [4.78, 5) is 4.73. The average Bonchev–Trinajstić information content (AvgIpc) is 3.32. The Hall–Kier alpha value is -7.94. The van der Waals surface area contributed by atoms with E-state index in [1.165, 1.54) is 65.3 Å². The average molecular weight is 765 g/mol. The van der Waals surface area contributed by atoms with E-state index in [-0.39, 0.29) is 0 Å². The highest BCUT2D eigenvalue weighted by atomic mass is 15.1. The van der Waals surface area contributed by atoms with E-state index in [9.17, 15) is 0 Å². The Bertz CT molecular complexity index is 3210. The van der Waals surface area contributed by atoms with Gasteiger partial charge in [-0.25, -0.2) is 0 Å². The molecule has 0 saturated carbocycles. The molecule has 0 fully saturated rings. The van der Waals surface area contributed by atoms with Crippen LogP contribution in [0.5, 0.6) is 0 Å². The molecule has 0 aliphatic carbocycles. The van der Waals surface area contributed by atoms with E-state index >= 15 is 0 Å². The Morgan fingerprint density at radius 3 is 1.07 bits per heavy atom. The van der Waals surface area contributed by atoms with E-state index in [1.54, 1.807) is 0 Å². The lowest BCUT2D eigenvalue weighted by Gasteiger charge is -2.28. The van der Waals surface area contributed by atoms with E-state index in [1.807, 2.05) is 0 Å². The summed E-state index contributed by atoms with van der Waals surface area (Å²) in [6.07, 6.45) is 0. The van der Waals surface area contributed by atoms with Crippen molar-refractivity contribution in [3.63, 3.8) is 0 Å². The highest BCUT2D eigenvalue weighted by molar-refractivity contribution is 6.23. The van der Waals surface area contributed by atoms with E-state index < -0.39 is 0 Å². The molecule has 60 heavy (non-hydrogen) atoms. The molecule has 0 amide bonds. The third-order valence-electron chi connectivity index (χ3n) is 11.8. The van der Waals surface area contributed by atoms with Crippen molar-refractivity contribution in [2.24, 2.45) is 0 Å². The number of rotatable bonds is 8. The van der Waals surface area contributed by atoms with Crippen LogP contribution in [0.4, 0.5) is 34.1 Å². The molecule has 11 aromatic rings. The molecule has 282 valence electrons. The van der Waals surface area contributed by atoms with Gasteiger partial charge in [0.1, 0.15) is 0 Å². The molecule has 0 spiro atoms. The van der Waals surface area contributed by atoms with Gasteiger partial charge in [0.25, 0.3) is 0 Å². The number of anilines is 6. The molecule has 0 atom stereocenters. The fourth-order valence-electron chi connectivity index (χ4n) is 9.07. The lowest BCUT2D eigenvalue weighted by Crippen LogP contribution is -2.10. The smallest absolute Gasteiger partial charge is 0.0468 e. The first kappa shape index (κ1) is 35.2. The molecule has 11 aromatic carbocycles. The summed E-state index contributed by atoms with van der Waals surface area (Å²) >= 11 is 0. The van der Waals surface area contributed by atoms with Crippen molar-refractivity contribution in [2.75, 3.05) is 9.80 Å². The van der Waals surface area contributed by atoms with Crippen LogP contribution in [-0.2, 0) is 0 Å². The molecular weight excluding hydrogens is 725 g/mol. The van der Waals surface area contributed by atoms with Gasteiger partial charge in [0.05, 0.1) is 0 Å². The van der Waals surface area contributed by atoms with Crippen molar-refractivity contribution in [2.45, 2.75) is 0 Å². The molecule has 0 aliphatic rings. The lowest BCUT2D eigenvalue weighted by molar-refractivity contribution is 1.29. The molecule has 2 heteroatoms. The number of nitrogens with zero attached hydrogens (tertiary/aromatic N) is 2. The van der Waals surface area contributed by atoms with Gasteiger partial charge in [-0.15, -0.1) is 0 Å². The first-order chi connectivity index (χ1) is 29.8. The van der Waals surface area contributed by atoms with Crippen LogP contribution in [0.15, 0.2) is 243 Å². The second-order valence-corrected chi connectivity index (χ2v) is 15.3. The molecule has 11 rings (SSSR count). The number of para-hydroxylation sites is 4. The maximum Gasteiger partial charge on any atom is 0.0468 e. The van der Waals surface area contributed by atoms with Crippen molar-refractivity contribution < 1.29 is 0 Å². The summed E-state index contributed by atoms with van der Waals surface area (Å²) < 4.78 is 0. The van der Waals surface area contributed by atoms with E-state index in [0.29, 0.717) is 0 Å². The van der Waals surface area contributed by atoms with E-state index in [2.05, 4.69) is 252 Å². The van der Waals surface area contributed by atoms with Crippen molar-refractivity contribution >= 4 is 77.2 Å². The number of fused-ring (bicyclic) bond motifs is 5. The summed E-state index contributed by atoms with van der Waals surface area (Å²) in [6.45, 7) is 0. The molecule has 0 aromatic heterocycles. The minimum atomic E-state index is 1.10. The van der Waals surface area contributed by atoms with Crippen molar-refractivity contribution in [3.8, 4) is 22.3 Å². The normalized spacial score (nSPS) is 11.3. The molecule has 0 heterocycles. The fourth-order valence-corrected chi connectivity index (χ4v) is 9.07. The van der Waals surface area contributed by atoms with Gasteiger partial charge in [-0.1, -0.05) is 164 Å². The van der Waals surface area contributed by atoms with Gasteiger partial charge in [0.2, 0.25) is 0 Å². The van der Waals surface area contributed by atoms with E-state index in [0.717, 1.165) is 34.1 Å². The predicted molar refractivity (Wildman–Crippen MR) is 257 cm³/mol. The van der Waals surface area contributed by atoms with Crippen molar-refractivity contribution in [1.29, 1.82) is 0 Å². The third kappa shape index (κ3) is 6.23. The molecule has 2 nitrogen and oxygen atoms in total. The third-order valence-corrected chi connectivity index (χ3v) is 11.8. The number of hydrogen-bond donors (Lipinski definition) is 0. The van der Waals surface area contributed by atoms with Crippen molar-refractivity contribution in [3.05, 3.63) is 243 Å². The van der Waals surface area contributed by atoms with Crippen LogP contribution in [0.1, 0.15) is 0 Å². The van der Waals surface area contributed by atoms with Crippen LogP contribution in [-0.4, -0.2) is 0 Å². The molecule has 0 bridgehead atoms. The summed E-state index contributed by atoms with van der Waals surface area (Å²) in [5.74, 6) is 0. The molecule has 0 N–H and O–H groups in total. The molecule has 0 aliphatic heterocycles.